The highest BCUT2D eigenvalue weighted by Crippen LogP contribution is 2.27. The number of anilines is 1. The predicted octanol–water partition coefficient (Wildman–Crippen LogP) is 1.72. The molecule has 20 heavy (non-hydrogen) atoms. The van der Waals surface area contributed by atoms with Crippen LogP contribution in [0.3, 0.4) is 0 Å². The van der Waals surface area contributed by atoms with Gasteiger partial charge in [0, 0.05) is 43.4 Å². The largest absolute Gasteiger partial charge is 0.373 e. The van der Waals surface area contributed by atoms with E-state index in [9.17, 15) is 0 Å². The van der Waals surface area contributed by atoms with Crippen LogP contribution in [-0.4, -0.2) is 44.9 Å². The highest BCUT2D eigenvalue weighted by atomic mass is 32.2. The topological polar surface area (TPSA) is 64.9 Å². The first-order valence-electron chi connectivity index (χ1n) is 6.51. The molecule has 1 aliphatic rings. The van der Waals surface area contributed by atoms with Gasteiger partial charge in [0.2, 0.25) is 0 Å². The first-order chi connectivity index (χ1) is 9.76. The number of hydrogen-bond donors (Lipinski definition) is 1. The van der Waals surface area contributed by atoms with E-state index in [1.165, 1.54) is 0 Å². The summed E-state index contributed by atoms with van der Waals surface area (Å²) >= 11 is 1.88. The van der Waals surface area contributed by atoms with Crippen LogP contribution >= 0.6 is 11.8 Å². The van der Waals surface area contributed by atoms with Crippen molar-refractivity contribution in [2.24, 2.45) is 7.05 Å². The number of hydrogen-bond acceptors (Lipinski definition) is 6. The zero-order valence-electron chi connectivity index (χ0n) is 11.5. The standard InChI is InChI=1S/C13H17N5OS/c1-14-12-5-10(9-6-15-18(2)7-9)16-13(17-12)11-8-20-4-3-19-11/h5-7,11H,3-4,8H2,1-2H3,(H,14,16,17). The fourth-order valence-corrected chi connectivity index (χ4v) is 2.92. The molecule has 3 heterocycles. The maximum atomic E-state index is 5.77. The van der Waals surface area contributed by atoms with Crippen molar-refractivity contribution >= 4 is 17.6 Å². The van der Waals surface area contributed by atoms with Gasteiger partial charge in [-0.15, -0.1) is 0 Å². The van der Waals surface area contributed by atoms with E-state index in [1.54, 1.807) is 4.68 Å². The van der Waals surface area contributed by atoms with E-state index in [-0.39, 0.29) is 6.10 Å². The smallest absolute Gasteiger partial charge is 0.160 e. The Morgan fingerprint density at radius 3 is 3.00 bits per heavy atom. The van der Waals surface area contributed by atoms with Crippen LogP contribution in [0.4, 0.5) is 5.82 Å². The lowest BCUT2D eigenvalue weighted by Gasteiger charge is -2.21. The third-order valence-electron chi connectivity index (χ3n) is 3.10. The molecule has 3 rings (SSSR count). The highest BCUT2D eigenvalue weighted by molar-refractivity contribution is 7.99. The third-order valence-corrected chi connectivity index (χ3v) is 4.10. The molecule has 6 nitrogen and oxygen atoms in total. The lowest BCUT2D eigenvalue weighted by Crippen LogP contribution is -2.18. The Morgan fingerprint density at radius 1 is 1.45 bits per heavy atom. The van der Waals surface area contributed by atoms with Crippen molar-refractivity contribution in [1.29, 1.82) is 0 Å². The average molecular weight is 291 g/mol. The van der Waals surface area contributed by atoms with Gasteiger partial charge in [-0.05, 0) is 0 Å². The number of thioether (sulfide) groups is 1. The first-order valence-corrected chi connectivity index (χ1v) is 7.67. The summed E-state index contributed by atoms with van der Waals surface area (Å²) in [5, 5.41) is 7.27. The van der Waals surface area contributed by atoms with Gasteiger partial charge in [0.05, 0.1) is 18.5 Å². The number of aromatic nitrogens is 4. The normalized spacial score (nSPS) is 19.0. The average Bonchev–Trinajstić information content (AvgIpc) is 2.94. The lowest BCUT2D eigenvalue weighted by molar-refractivity contribution is 0.0696. The van der Waals surface area contributed by atoms with Gasteiger partial charge in [-0.2, -0.15) is 16.9 Å². The minimum absolute atomic E-state index is 0.0301. The van der Waals surface area contributed by atoms with Crippen molar-refractivity contribution in [2.75, 3.05) is 30.5 Å². The second kappa shape index (κ2) is 5.80. The Balaban J connectivity index is 1.97. The van der Waals surface area contributed by atoms with Crippen molar-refractivity contribution < 1.29 is 4.74 Å². The lowest BCUT2D eigenvalue weighted by atomic mass is 10.2. The molecule has 0 aromatic carbocycles. The van der Waals surface area contributed by atoms with Crippen molar-refractivity contribution in [2.45, 2.75) is 6.10 Å². The highest BCUT2D eigenvalue weighted by Gasteiger charge is 2.21. The summed E-state index contributed by atoms with van der Waals surface area (Å²) in [7, 11) is 3.75. The Morgan fingerprint density at radius 2 is 2.35 bits per heavy atom. The predicted molar refractivity (Wildman–Crippen MR) is 79.8 cm³/mol. The number of nitrogens with zero attached hydrogens (tertiary/aromatic N) is 4. The van der Waals surface area contributed by atoms with E-state index in [1.807, 2.05) is 44.3 Å². The van der Waals surface area contributed by atoms with Gasteiger partial charge < -0.3 is 10.1 Å². The molecule has 1 aliphatic heterocycles. The second-order valence-electron chi connectivity index (χ2n) is 4.58. The zero-order chi connectivity index (χ0) is 13.9. The van der Waals surface area contributed by atoms with Gasteiger partial charge in [-0.25, -0.2) is 9.97 Å². The molecule has 0 saturated carbocycles. The number of nitrogens with one attached hydrogen (secondary N) is 1. The molecule has 0 bridgehead atoms. The molecule has 2 aromatic rings. The van der Waals surface area contributed by atoms with E-state index in [4.69, 9.17) is 4.74 Å². The first kappa shape index (κ1) is 13.4. The summed E-state index contributed by atoms with van der Waals surface area (Å²) in [6.07, 6.45) is 3.72. The quantitative estimate of drug-likeness (QED) is 0.929. The van der Waals surface area contributed by atoms with Gasteiger partial charge >= 0.3 is 0 Å². The van der Waals surface area contributed by atoms with Crippen LogP contribution in [0.5, 0.6) is 0 Å². The van der Waals surface area contributed by atoms with E-state index in [0.29, 0.717) is 0 Å². The molecule has 1 atom stereocenters. The number of ether oxygens (including phenoxy) is 1. The molecule has 7 heteroatoms. The third kappa shape index (κ3) is 2.78. The molecule has 0 radical (unpaired) electrons. The molecule has 1 saturated heterocycles. The monoisotopic (exact) mass is 291 g/mol. The SMILES string of the molecule is CNc1cc(-c2cnn(C)c2)nc(C2CSCCO2)n1. The van der Waals surface area contributed by atoms with Crippen LogP contribution in [0.1, 0.15) is 11.9 Å². The maximum Gasteiger partial charge on any atom is 0.160 e. The zero-order valence-corrected chi connectivity index (χ0v) is 12.4. The molecule has 0 amide bonds. The molecule has 106 valence electrons. The Hall–Kier alpha value is -1.60. The summed E-state index contributed by atoms with van der Waals surface area (Å²) in [5.41, 5.74) is 1.85. The van der Waals surface area contributed by atoms with Crippen molar-refractivity contribution in [3.8, 4) is 11.3 Å². The van der Waals surface area contributed by atoms with Gasteiger partial charge in [-0.3, -0.25) is 4.68 Å². The summed E-state index contributed by atoms with van der Waals surface area (Å²) in [5.74, 6) is 3.48. The summed E-state index contributed by atoms with van der Waals surface area (Å²) in [6.45, 7) is 0.755. The van der Waals surface area contributed by atoms with Crippen LogP contribution in [0, 0.1) is 0 Å². The number of aryl methyl sites for hydroxylation is 1. The molecule has 1 unspecified atom stereocenters. The Kier molecular flexibility index (Phi) is 3.88. The molecule has 0 spiro atoms. The number of rotatable bonds is 3. The van der Waals surface area contributed by atoms with Gasteiger partial charge in [0.1, 0.15) is 11.9 Å². The van der Waals surface area contributed by atoms with Crippen molar-refractivity contribution in [1.82, 2.24) is 19.7 Å². The molecule has 1 fully saturated rings. The molecule has 2 aromatic heterocycles. The summed E-state index contributed by atoms with van der Waals surface area (Å²) in [6, 6.07) is 1.93. The minimum atomic E-state index is -0.0301. The van der Waals surface area contributed by atoms with Crippen LogP contribution < -0.4 is 5.32 Å². The minimum Gasteiger partial charge on any atom is -0.373 e. The molecular formula is C13H17N5OS. The maximum absolute atomic E-state index is 5.77. The van der Waals surface area contributed by atoms with Crippen molar-refractivity contribution in [3.63, 3.8) is 0 Å². The van der Waals surface area contributed by atoms with Crippen LogP contribution in [0.15, 0.2) is 18.5 Å². The fourth-order valence-electron chi connectivity index (χ4n) is 2.08. The molecule has 1 N–H and O–H groups in total. The summed E-state index contributed by atoms with van der Waals surface area (Å²) in [4.78, 5) is 9.17. The van der Waals surface area contributed by atoms with E-state index >= 15 is 0 Å². The second-order valence-corrected chi connectivity index (χ2v) is 5.73. The van der Waals surface area contributed by atoms with E-state index in [2.05, 4.69) is 20.4 Å². The van der Waals surface area contributed by atoms with Crippen LogP contribution in [0.25, 0.3) is 11.3 Å². The van der Waals surface area contributed by atoms with Gasteiger partial charge in [-0.1, -0.05) is 0 Å². The molecule has 0 aliphatic carbocycles. The fraction of sp³-hybridized carbons (Fsp3) is 0.462. The van der Waals surface area contributed by atoms with Gasteiger partial charge in [0.25, 0.3) is 0 Å². The Bertz CT molecular complexity index is 594. The van der Waals surface area contributed by atoms with Gasteiger partial charge in [0.15, 0.2) is 5.82 Å². The van der Waals surface area contributed by atoms with Crippen LogP contribution in [-0.2, 0) is 11.8 Å². The van der Waals surface area contributed by atoms with Crippen molar-refractivity contribution in [3.05, 3.63) is 24.3 Å². The van der Waals surface area contributed by atoms with E-state index in [0.717, 1.165) is 41.0 Å². The Labute approximate surface area is 122 Å². The van der Waals surface area contributed by atoms with E-state index < -0.39 is 0 Å². The summed E-state index contributed by atoms with van der Waals surface area (Å²) < 4.78 is 7.53. The van der Waals surface area contributed by atoms with Crippen LogP contribution in [0.2, 0.25) is 0 Å². The molecular weight excluding hydrogens is 274 g/mol.